The van der Waals surface area contributed by atoms with Crippen molar-refractivity contribution < 1.29 is 19.1 Å². The number of nitrogens with one attached hydrogen (secondary N) is 2. The summed E-state index contributed by atoms with van der Waals surface area (Å²) >= 11 is 0. The third-order valence-electron chi connectivity index (χ3n) is 5.43. The van der Waals surface area contributed by atoms with Gasteiger partial charge >= 0.3 is 6.03 Å². The lowest BCUT2D eigenvalue weighted by atomic mass is 9.82. The van der Waals surface area contributed by atoms with Crippen LogP contribution in [-0.4, -0.2) is 44.8 Å². The average molecular weight is 409 g/mol. The minimum atomic E-state index is -0.848. The van der Waals surface area contributed by atoms with Gasteiger partial charge < -0.3 is 15.4 Å². The highest BCUT2D eigenvalue weighted by molar-refractivity contribution is 6.10. The zero-order valence-corrected chi connectivity index (χ0v) is 16.5. The molecule has 1 saturated heterocycles. The highest BCUT2D eigenvalue weighted by Gasteiger charge is 2.51. The summed E-state index contributed by atoms with van der Waals surface area (Å²) in [4.78, 5) is 46.8. The third kappa shape index (κ3) is 4.10. The molecule has 2 aromatic heterocycles. The minimum Gasteiger partial charge on any atom is -0.485 e. The molecular formula is C21H23N5O4. The highest BCUT2D eigenvalue weighted by atomic mass is 16.5. The van der Waals surface area contributed by atoms with E-state index in [1.807, 2.05) is 12.1 Å². The van der Waals surface area contributed by atoms with Crippen molar-refractivity contribution in [1.82, 2.24) is 20.2 Å². The molecule has 2 N–H and O–H groups in total. The second-order valence-electron chi connectivity index (χ2n) is 7.51. The van der Waals surface area contributed by atoms with Gasteiger partial charge in [0.05, 0.1) is 0 Å². The molecule has 9 nitrogen and oxygen atoms in total. The number of nitrogens with zero attached hydrogens (tertiary/aromatic N) is 3. The van der Waals surface area contributed by atoms with E-state index in [1.54, 1.807) is 24.5 Å². The molecule has 0 bridgehead atoms. The predicted molar refractivity (Wildman–Crippen MR) is 107 cm³/mol. The van der Waals surface area contributed by atoms with Gasteiger partial charge in [-0.1, -0.05) is 19.3 Å². The van der Waals surface area contributed by atoms with Crippen molar-refractivity contribution >= 4 is 23.7 Å². The maximum atomic E-state index is 12.8. The maximum absolute atomic E-state index is 12.8. The molecule has 2 aromatic rings. The fourth-order valence-electron chi connectivity index (χ4n) is 3.87. The lowest BCUT2D eigenvalue weighted by molar-refractivity contribution is -0.134. The Morgan fingerprint density at radius 3 is 2.67 bits per heavy atom. The summed E-state index contributed by atoms with van der Waals surface area (Å²) in [6.45, 7) is -0.0839. The molecule has 156 valence electrons. The molecule has 2 fully saturated rings. The molecule has 1 aliphatic heterocycles. The van der Waals surface area contributed by atoms with Crippen molar-refractivity contribution in [3.05, 3.63) is 48.4 Å². The number of amides is 4. The summed E-state index contributed by atoms with van der Waals surface area (Å²) in [5.74, 6) is -0.212. The van der Waals surface area contributed by atoms with Crippen LogP contribution in [0.2, 0.25) is 0 Å². The molecule has 1 aliphatic carbocycles. The largest absolute Gasteiger partial charge is 0.485 e. The number of carbonyl (C=O) groups is 3. The zero-order chi connectivity index (χ0) is 21.0. The van der Waals surface area contributed by atoms with Gasteiger partial charge in [-0.25, -0.2) is 9.78 Å². The standard InChI is InChI=1S/C21H23N5O4/c27-17(13-26-19(28)21(25-20(26)29)8-2-1-3-9-21)24-18-16(5-4-10-23-18)30-14-15-6-11-22-12-7-15/h4-7,10-12H,1-3,8-9,13-14H2,(H,25,29)(H,23,24,27). The van der Waals surface area contributed by atoms with E-state index in [0.29, 0.717) is 18.6 Å². The minimum absolute atomic E-state index is 0.232. The monoisotopic (exact) mass is 409 g/mol. The van der Waals surface area contributed by atoms with Crippen LogP contribution in [0.4, 0.5) is 10.6 Å². The number of urea groups is 1. The average Bonchev–Trinajstić information content (AvgIpc) is 2.98. The first-order valence-electron chi connectivity index (χ1n) is 9.98. The Hall–Kier alpha value is -3.49. The Bertz CT molecular complexity index is 943. The third-order valence-corrected chi connectivity index (χ3v) is 5.43. The SMILES string of the molecule is O=C(CN1C(=O)NC2(CCCCC2)C1=O)Nc1ncccc1OCc1ccncc1. The summed E-state index contributed by atoms with van der Waals surface area (Å²) < 4.78 is 5.76. The van der Waals surface area contributed by atoms with E-state index in [2.05, 4.69) is 20.6 Å². The number of carbonyl (C=O) groups excluding carboxylic acids is 3. The Kier molecular flexibility index (Phi) is 5.60. The van der Waals surface area contributed by atoms with Crippen LogP contribution in [0.5, 0.6) is 5.75 Å². The molecule has 0 unspecified atom stereocenters. The van der Waals surface area contributed by atoms with Gasteiger partial charge in [0.1, 0.15) is 18.7 Å². The smallest absolute Gasteiger partial charge is 0.325 e. The van der Waals surface area contributed by atoms with Crippen molar-refractivity contribution in [1.29, 1.82) is 0 Å². The van der Waals surface area contributed by atoms with Gasteiger partial charge in [-0.2, -0.15) is 0 Å². The normalized spacial score (nSPS) is 17.7. The van der Waals surface area contributed by atoms with E-state index in [1.165, 1.54) is 6.20 Å². The summed E-state index contributed by atoms with van der Waals surface area (Å²) in [6.07, 6.45) is 8.92. The predicted octanol–water partition coefficient (Wildman–Crippen LogP) is 2.25. The molecule has 3 heterocycles. The lowest BCUT2D eigenvalue weighted by Gasteiger charge is -2.30. The molecule has 0 atom stereocenters. The van der Waals surface area contributed by atoms with Crippen LogP contribution in [0.3, 0.4) is 0 Å². The van der Waals surface area contributed by atoms with E-state index in [-0.39, 0.29) is 24.9 Å². The topological polar surface area (TPSA) is 114 Å². The fraction of sp³-hybridized carbons (Fsp3) is 0.381. The van der Waals surface area contributed by atoms with Crippen molar-refractivity contribution in [2.24, 2.45) is 0 Å². The van der Waals surface area contributed by atoms with Crippen molar-refractivity contribution in [3.8, 4) is 5.75 Å². The number of imide groups is 1. The van der Waals surface area contributed by atoms with Gasteiger partial charge in [0, 0.05) is 18.6 Å². The summed E-state index contributed by atoms with van der Waals surface area (Å²) in [5.41, 5.74) is 0.0719. The Labute approximate surface area is 173 Å². The Morgan fingerprint density at radius 2 is 1.90 bits per heavy atom. The zero-order valence-electron chi connectivity index (χ0n) is 16.5. The summed E-state index contributed by atoms with van der Waals surface area (Å²) in [7, 11) is 0. The van der Waals surface area contributed by atoms with E-state index >= 15 is 0 Å². The van der Waals surface area contributed by atoms with Gasteiger partial charge in [-0.05, 0) is 42.7 Å². The van der Waals surface area contributed by atoms with Gasteiger partial charge in [0.2, 0.25) is 5.91 Å². The molecule has 4 amide bonds. The first kappa shape index (κ1) is 19.8. The Morgan fingerprint density at radius 1 is 1.13 bits per heavy atom. The number of rotatable bonds is 6. The maximum Gasteiger partial charge on any atom is 0.325 e. The van der Waals surface area contributed by atoms with Crippen molar-refractivity contribution in [3.63, 3.8) is 0 Å². The van der Waals surface area contributed by atoms with Crippen LogP contribution in [0.25, 0.3) is 0 Å². The number of anilines is 1. The number of hydrogen-bond donors (Lipinski definition) is 2. The molecule has 9 heteroatoms. The molecule has 2 aliphatic rings. The van der Waals surface area contributed by atoms with Crippen molar-refractivity contribution in [2.75, 3.05) is 11.9 Å². The van der Waals surface area contributed by atoms with Crippen LogP contribution in [0, 0.1) is 0 Å². The number of hydrogen-bond acceptors (Lipinski definition) is 6. The first-order valence-corrected chi connectivity index (χ1v) is 9.98. The van der Waals surface area contributed by atoms with Crippen LogP contribution in [-0.2, 0) is 16.2 Å². The summed E-state index contributed by atoms with van der Waals surface area (Å²) in [6, 6.07) is 6.52. The van der Waals surface area contributed by atoms with Gasteiger partial charge in [0.25, 0.3) is 5.91 Å². The van der Waals surface area contributed by atoms with Crippen LogP contribution >= 0.6 is 0 Å². The van der Waals surface area contributed by atoms with Crippen LogP contribution in [0.15, 0.2) is 42.9 Å². The second kappa shape index (κ2) is 8.48. The van der Waals surface area contributed by atoms with Crippen LogP contribution in [0.1, 0.15) is 37.7 Å². The molecule has 4 rings (SSSR count). The van der Waals surface area contributed by atoms with Gasteiger partial charge in [-0.15, -0.1) is 0 Å². The molecule has 0 aromatic carbocycles. The van der Waals surface area contributed by atoms with Crippen LogP contribution < -0.4 is 15.4 Å². The van der Waals surface area contributed by atoms with E-state index in [0.717, 1.165) is 29.7 Å². The van der Waals surface area contributed by atoms with Gasteiger partial charge in [-0.3, -0.25) is 19.5 Å². The molecule has 1 spiro atoms. The molecular weight excluding hydrogens is 386 g/mol. The van der Waals surface area contributed by atoms with Crippen molar-refractivity contribution in [2.45, 2.75) is 44.2 Å². The fourth-order valence-corrected chi connectivity index (χ4v) is 3.87. The van der Waals surface area contributed by atoms with E-state index in [9.17, 15) is 14.4 Å². The summed E-state index contributed by atoms with van der Waals surface area (Å²) in [5, 5.41) is 5.45. The highest BCUT2D eigenvalue weighted by Crippen LogP contribution is 2.33. The number of pyridine rings is 2. The van der Waals surface area contributed by atoms with Gasteiger partial charge in [0.15, 0.2) is 11.6 Å². The number of ether oxygens (including phenoxy) is 1. The second-order valence-corrected chi connectivity index (χ2v) is 7.51. The number of aromatic nitrogens is 2. The lowest BCUT2D eigenvalue weighted by Crippen LogP contribution is -2.48. The molecule has 30 heavy (non-hydrogen) atoms. The molecule has 0 radical (unpaired) electrons. The quantitative estimate of drug-likeness (QED) is 0.708. The Balaban J connectivity index is 1.40. The van der Waals surface area contributed by atoms with E-state index < -0.39 is 17.5 Å². The molecule has 1 saturated carbocycles. The first-order chi connectivity index (χ1) is 14.6. The van der Waals surface area contributed by atoms with E-state index in [4.69, 9.17) is 4.74 Å².